The second-order valence-electron chi connectivity index (χ2n) is 13.5. The molecule has 12 heteroatoms. The molecule has 0 heterocycles. The molecule has 11 nitrogen and oxygen atoms in total. The molecule has 3 amide bonds. The Morgan fingerprint density at radius 2 is 1.45 bits per heavy atom. The number of nitrogens with one attached hydrogen (secondary N) is 4. The minimum Gasteiger partial charge on any atom is -0.384 e. The molecule has 0 radical (unpaired) electrons. The van der Waals surface area contributed by atoms with E-state index in [0.717, 1.165) is 75.3 Å². The first kappa shape index (κ1) is 37.7. The van der Waals surface area contributed by atoms with E-state index in [2.05, 4.69) is 20.9 Å². The number of nitrogen functional groups attached to an aromatic ring is 1. The molecular weight excluding hydrogens is 640 g/mol. The molecule has 2 aliphatic carbocycles. The van der Waals surface area contributed by atoms with Crippen LogP contribution in [0.2, 0.25) is 5.02 Å². The number of nitrogens with zero attached hydrogens (tertiary/aromatic N) is 1. The third-order valence-electron chi connectivity index (χ3n) is 9.97. The Hall–Kier alpha value is -4.12. The van der Waals surface area contributed by atoms with E-state index in [1.54, 1.807) is 6.07 Å². The largest absolute Gasteiger partial charge is 0.384 e. The van der Waals surface area contributed by atoms with Crippen LogP contribution in [0.4, 0.5) is 0 Å². The highest BCUT2D eigenvalue weighted by atomic mass is 35.5. The van der Waals surface area contributed by atoms with Crippen molar-refractivity contribution in [1.29, 1.82) is 5.41 Å². The second-order valence-corrected chi connectivity index (χ2v) is 13.9. The monoisotopic (exact) mass is 692 g/mol. The van der Waals surface area contributed by atoms with Crippen LogP contribution in [0.15, 0.2) is 53.5 Å². The SMILES string of the molecule is N=C(N)c1ccc(CC(C(=O)NC(C(=O)N[C@@H](CCCN=C(N)N)C(=O)NCc2ccccc2Cl)C2CCCCC2)C2CCCCC2)cc1. The Balaban J connectivity index is 1.53. The summed E-state index contributed by atoms with van der Waals surface area (Å²) in [6, 6.07) is 13.1. The van der Waals surface area contributed by atoms with Crippen molar-refractivity contribution in [3.8, 4) is 0 Å². The van der Waals surface area contributed by atoms with Crippen molar-refractivity contribution in [2.45, 2.75) is 102 Å². The van der Waals surface area contributed by atoms with Crippen LogP contribution in [0.3, 0.4) is 0 Å². The van der Waals surface area contributed by atoms with E-state index < -0.39 is 12.1 Å². The summed E-state index contributed by atoms with van der Waals surface area (Å²) < 4.78 is 0. The summed E-state index contributed by atoms with van der Waals surface area (Å²) in [7, 11) is 0. The maximum absolute atomic E-state index is 14.3. The Morgan fingerprint density at radius 1 is 0.816 bits per heavy atom. The van der Waals surface area contributed by atoms with Crippen molar-refractivity contribution in [2.75, 3.05) is 6.54 Å². The van der Waals surface area contributed by atoms with Crippen LogP contribution in [-0.2, 0) is 27.3 Å². The summed E-state index contributed by atoms with van der Waals surface area (Å²) >= 11 is 6.32. The lowest BCUT2D eigenvalue weighted by Gasteiger charge is -2.34. The molecule has 2 saturated carbocycles. The number of rotatable bonds is 16. The molecule has 0 aliphatic heterocycles. The molecule has 2 unspecified atom stereocenters. The summed E-state index contributed by atoms with van der Waals surface area (Å²) in [6.45, 7) is 0.518. The molecule has 2 aromatic carbocycles. The standard InChI is InChI=1S/C37H53ClN8O3/c38-30-15-8-7-14-28(30)23-44-35(48)31(16-9-21-43-37(41)42)45-36(49)32(26-12-5-2-6-13-26)46-34(47)29(25-10-3-1-4-11-25)22-24-17-19-27(20-18-24)33(39)40/h7-8,14-15,17-20,25-26,29,31-32H,1-6,9-13,16,21-23H2,(H3,39,40)(H,44,48)(H,45,49)(H,46,47)(H4,41,42,43)/t29?,31-,32?/m0/s1. The predicted molar refractivity (Wildman–Crippen MR) is 195 cm³/mol. The van der Waals surface area contributed by atoms with Gasteiger partial charge in [-0.3, -0.25) is 24.8 Å². The van der Waals surface area contributed by atoms with Gasteiger partial charge in [-0.15, -0.1) is 0 Å². The minimum absolute atomic E-state index is 0.00143. The quantitative estimate of drug-likeness (QED) is 0.0777. The van der Waals surface area contributed by atoms with Gasteiger partial charge in [-0.2, -0.15) is 0 Å². The van der Waals surface area contributed by atoms with E-state index in [0.29, 0.717) is 36.4 Å². The molecule has 2 aliphatic rings. The van der Waals surface area contributed by atoms with Gasteiger partial charge in [0.1, 0.15) is 17.9 Å². The second kappa shape index (κ2) is 19.2. The van der Waals surface area contributed by atoms with Gasteiger partial charge >= 0.3 is 0 Å². The predicted octanol–water partition coefficient (Wildman–Crippen LogP) is 4.28. The Morgan fingerprint density at radius 3 is 2.06 bits per heavy atom. The summed E-state index contributed by atoms with van der Waals surface area (Å²) in [5.41, 5.74) is 19.1. The summed E-state index contributed by atoms with van der Waals surface area (Å²) in [5.74, 6) is -0.998. The van der Waals surface area contributed by atoms with Gasteiger partial charge in [-0.05, 0) is 74.0 Å². The van der Waals surface area contributed by atoms with Crippen molar-refractivity contribution in [1.82, 2.24) is 16.0 Å². The van der Waals surface area contributed by atoms with E-state index >= 15 is 0 Å². The number of hydrogen-bond acceptors (Lipinski definition) is 5. The molecule has 3 atom stereocenters. The van der Waals surface area contributed by atoms with Crippen molar-refractivity contribution < 1.29 is 14.4 Å². The third-order valence-corrected chi connectivity index (χ3v) is 10.3. The molecule has 0 spiro atoms. The molecule has 0 aromatic heterocycles. The van der Waals surface area contributed by atoms with E-state index in [-0.39, 0.29) is 53.8 Å². The number of guanidine groups is 1. The minimum atomic E-state index is -0.860. The van der Waals surface area contributed by atoms with Crippen molar-refractivity contribution >= 4 is 41.1 Å². The van der Waals surface area contributed by atoms with Gasteiger partial charge in [0.25, 0.3) is 0 Å². The van der Waals surface area contributed by atoms with Gasteiger partial charge in [0.05, 0.1) is 0 Å². The van der Waals surface area contributed by atoms with Crippen molar-refractivity contribution in [2.24, 2.45) is 39.9 Å². The fourth-order valence-corrected chi connectivity index (χ4v) is 7.39. The molecular formula is C37H53ClN8O3. The van der Waals surface area contributed by atoms with E-state index in [9.17, 15) is 14.4 Å². The van der Waals surface area contributed by atoms with Gasteiger partial charge in [0.15, 0.2) is 5.96 Å². The van der Waals surface area contributed by atoms with Crippen molar-refractivity contribution in [3.05, 3.63) is 70.2 Å². The molecule has 49 heavy (non-hydrogen) atoms. The topological polar surface area (TPSA) is 202 Å². The average molecular weight is 693 g/mol. The number of carbonyl (C=O) groups excluding carboxylic acids is 3. The number of carbonyl (C=O) groups is 3. The summed E-state index contributed by atoms with van der Waals surface area (Å²) in [4.78, 5) is 46.1. The molecule has 10 N–H and O–H groups in total. The Bertz CT molecular complexity index is 1430. The van der Waals surface area contributed by atoms with Gasteiger partial charge in [-0.25, -0.2) is 0 Å². The average Bonchev–Trinajstić information content (AvgIpc) is 3.11. The zero-order valence-electron chi connectivity index (χ0n) is 28.4. The van der Waals surface area contributed by atoms with Gasteiger partial charge < -0.3 is 33.2 Å². The van der Waals surface area contributed by atoms with Crippen LogP contribution in [-0.4, -0.2) is 48.1 Å². The summed E-state index contributed by atoms with van der Waals surface area (Å²) in [5, 5.41) is 17.4. The zero-order valence-corrected chi connectivity index (χ0v) is 29.2. The number of halogens is 1. The van der Waals surface area contributed by atoms with Crippen LogP contribution < -0.4 is 33.2 Å². The first-order chi connectivity index (χ1) is 23.6. The fourth-order valence-electron chi connectivity index (χ4n) is 7.19. The van der Waals surface area contributed by atoms with Crippen LogP contribution in [0.1, 0.15) is 93.7 Å². The first-order valence-corrected chi connectivity index (χ1v) is 18.1. The molecule has 0 bridgehead atoms. The maximum atomic E-state index is 14.3. The number of aliphatic imine (C=N–C) groups is 1. The van der Waals surface area contributed by atoms with Gasteiger partial charge in [0, 0.05) is 29.6 Å². The molecule has 266 valence electrons. The van der Waals surface area contributed by atoms with E-state index in [4.69, 9.17) is 34.2 Å². The number of nitrogens with two attached hydrogens (primary N) is 3. The maximum Gasteiger partial charge on any atom is 0.243 e. The van der Waals surface area contributed by atoms with Crippen LogP contribution >= 0.6 is 11.6 Å². The lowest BCUT2D eigenvalue weighted by atomic mass is 9.76. The molecule has 0 saturated heterocycles. The van der Waals surface area contributed by atoms with E-state index in [1.807, 2.05) is 42.5 Å². The van der Waals surface area contributed by atoms with Crippen molar-refractivity contribution in [3.63, 3.8) is 0 Å². The van der Waals surface area contributed by atoms with E-state index in [1.165, 1.54) is 0 Å². The Labute approximate surface area is 295 Å². The molecule has 4 rings (SSSR count). The summed E-state index contributed by atoms with van der Waals surface area (Å²) in [6.07, 6.45) is 11.3. The van der Waals surface area contributed by atoms with Crippen LogP contribution in [0.5, 0.6) is 0 Å². The molecule has 2 fully saturated rings. The highest BCUT2D eigenvalue weighted by Gasteiger charge is 2.37. The highest BCUT2D eigenvalue weighted by molar-refractivity contribution is 6.31. The number of amides is 3. The van der Waals surface area contributed by atoms with Crippen LogP contribution in [0.25, 0.3) is 0 Å². The lowest BCUT2D eigenvalue weighted by molar-refractivity contribution is -0.135. The smallest absolute Gasteiger partial charge is 0.243 e. The highest BCUT2D eigenvalue weighted by Crippen LogP contribution is 2.33. The Kier molecular flexibility index (Phi) is 14.7. The number of benzene rings is 2. The van der Waals surface area contributed by atoms with Gasteiger partial charge in [-0.1, -0.05) is 92.6 Å². The fraction of sp³-hybridized carbons (Fsp3) is 0.541. The molecule has 2 aromatic rings. The first-order valence-electron chi connectivity index (χ1n) is 17.7. The van der Waals surface area contributed by atoms with Gasteiger partial charge in [0.2, 0.25) is 17.7 Å². The third kappa shape index (κ3) is 11.8. The normalized spacial score (nSPS) is 17.2. The number of hydrogen-bond donors (Lipinski definition) is 7. The zero-order chi connectivity index (χ0) is 35.2. The number of amidine groups is 1. The lowest BCUT2D eigenvalue weighted by Crippen LogP contribution is -2.57. The van der Waals surface area contributed by atoms with Crippen LogP contribution in [0, 0.1) is 23.2 Å².